The second-order valence-corrected chi connectivity index (χ2v) is 4.39. The summed E-state index contributed by atoms with van der Waals surface area (Å²) >= 11 is 0. The molecule has 0 aromatic heterocycles. The van der Waals surface area contributed by atoms with Crippen molar-refractivity contribution in [3.8, 4) is 5.75 Å². The Hall–Kier alpha value is -1.81. The van der Waals surface area contributed by atoms with Crippen LogP contribution in [0, 0.1) is 6.92 Å². The van der Waals surface area contributed by atoms with Crippen molar-refractivity contribution >= 4 is 5.91 Å². The molecule has 2 N–H and O–H groups in total. The Morgan fingerprint density at radius 3 is 2.89 bits per heavy atom. The lowest BCUT2D eigenvalue weighted by Crippen LogP contribution is -2.36. The van der Waals surface area contributed by atoms with Crippen LogP contribution < -0.4 is 15.4 Å². The van der Waals surface area contributed by atoms with Crippen molar-refractivity contribution in [3.05, 3.63) is 42.0 Å². The number of benzene rings is 1. The minimum atomic E-state index is -0.531. The van der Waals surface area contributed by atoms with Crippen molar-refractivity contribution in [2.75, 3.05) is 13.6 Å². The highest BCUT2D eigenvalue weighted by atomic mass is 16.5. The number of amides is 1. The van der Waals surface area contributed by atoms with Gasteiger partial charge in [-0.25, -0.2) is 0 Å². The molecule has 0 saturated carbocycles. The lowest BCUT2D eigenvalue weighted by molar-refractivity contribution is -0.127. The van der Waals surface area contributed by atoms with Crippen LogP contribution in [0.15, 0.2) is 30.9 Å². The number of hydrogen-bond donors (Lipinski definition) is 2. The molecule has 1 aromatic rings. The molecule has 1 rings (SSSR count). The van der Waals surface area contributed by atoms with Crippen LogP contribution in [0.3, 0.4) is 0 Å². The van der Waals surface area contributed by atoms with E-state index in [1.165, 1.54) is 0 Å². The monoisotopic (exact) mass is 262 g/mol. The van der Waals surface area contributed by atoms with Crippen molar-refractivity contribution in [2.24, 2.45) is 0 Å². The molecule has 4 heteroatoms. The lowest BCUT2D eigenvalue weighted by atomic mass is 10.1. The molecule has 0 saturated heterocycles. The standard InChI is InChI=1S/C15H22N2O2/c1-5-9-17-15(18)12(3)19-14-11(2)7-6-8-13(14)10-16-4/h5-8,12,16H,1,9-10H2,2-4H3,(H,17,18). The van der Waals surface area contributed by atoms with Gasteiger partial charge in [0.25, 0.3) is 5.91 Å². The van der Waals surface area contributed by atoms with Crippen molar-refractivity contribution in [3.63, 3.8) is 0 Å². The molecule has 0 heterocycles. The summed E-state index contributed by atoms with van der Waals surface area (Å²) in [5.74, 6) is 0.636. The van der Waals surface area contributed by atoms with Crippen molar-refractivity contribution in [1.29, 1.82) is 0 Å². The van der Waals surface area contributed by atoms with Crippen LogP contribution in [0.25, 0.3) is 0 Å². The van der Waals surface area contributed by atoms with Crippen molar-refractivity contribution < 1.29 is 9.53 Å². The lowest BCUT2D eigenvalue weighted by Gasteiger charge is -2.18. The number of carbonyl (C=O) groups excluding carboxylic acids is 1. The average Bonchev–Trinajstić information content (AvgIpc) is 2.40. The van der Waals surface area contributed by atoms with E-state index in [4.69, 9.17) is 4.74 Å². The van der Waals surface area contributed by atoms with Crippen LogP contribution in [0.2, 0.25) is 0 Å². The summed E-state index contributed by atoms with van der Waals surface area (Å²) in [5.41, 5.74) is 2.07. The molecule has 0 aliphatic carbocycles. The van der Waals surface area contributed by atoms with E-state index in [1.807, 2.05) is 32.2 Å². The summed E-state index contributed by atoms with van der Waals surface area (Å²) in [7, 11) is 1.88. The minimum Gasteiger partial charge on any atom is -0.480 e. The maximum absolute atomic E-state index is 11.8. The Labute approximate surface area is 114 Å². The number of nitrogens with one attached hydrogen (secondary N) is 2. The zero-order valence-corrected chi connectivity index (χ0v) is 11.8. The maximum atomic E-state index is 11.8. The van der Waals surface area contributed by atoms with Gasteiger partial charge in [0.15, 0.2) is 6.10 Å². The second-order valence-electron chi connectivity index (χ2n) is 4.39. The van der Waals surface area contributed by atoms with Crippen molar-refractivity contribution in [1.82, 2.24) is 10.6 Å². The Bertz CT molecular complexity index is 444. The van der Waals surface area contributed by atoms with Crippen LogP contribution in [0.1, 0.15) is 18.1 Å². The summed E-state index contributed by atoms with van der Waals surface area (Å²) in [5, 5.41) is 5.82. The van der Waals surface area contributed by atoms with Gasteiger partial charge in [-0.1, -0.05) is 24.3 Å². The Morgan fingerprint density at radius 1 is 1.53 bits per heavy atom. The fourth-order valence-corrected chi connectivity index (χ4v) is 1.76. The maximum Gasteiger partial charge on any atom is 0.261 e. The highest BCUT2D eigenvalue weighted by Gasteiger charge is 2.16. The van der Waals surface area contributed by atoms with E-state index in [1.54, 1.807) is 13.0 Å². The number of carbonyl (C=O) groups is 1. The topological polar surface area (TPSA) is 50.4 Å². The average molecular weight is 262 g/mol. The van der Waals surface area contributed by atoms with Gasteiger partial charge in [-0.05, 0) is 26.5 Å². The van der Waals surface area contributed by atoms with Gasteiger partial charge in [-0.15, -0.1) is 6.58 Å². The van der Waals surface area contributed by atoms with E-state index in [2.05, 4.69) is 17.2 Å². The van der Waals surface area contributed by atoms with Crippen molar-refractivity contribution in [2.45, 2.75) is 26.5 Å². The van der Waals surface area contributed by atoms with Gasteiger partial charge in [0.05, 0.1) is 0 Å². The molecule has 0 radical (unpaired) electrons. The SMILES string of the molecule is C=CCNC(=O)C(C)Oc1c(C)cccc1CNC. The number of ether oxygens (including phenoxy) is 1. The third kappa shape index (κ3) is 4.41. The first-order valence-electron chi connectivity index (χ1n) is 6.38. The fourth-order valence-electron chi connectivity index (χ4n) is 1.76. The number of aryl methyl sites for hydroxylation is 1. The molecule has 19 heavy (non-hydrogen) atoms. The van der Waals surface area contributed by atoms with E-state index in [0.29, 0.717) is 13.1 Å². The molecule has 4 nitrogen and oxygen atoms in total. The molecular formula is C15H22N2O2. The molecule has 1 aromatic carbocycles. The zero-order chi connectivity index (χ0) is 14.3. The zero-order valence-electron chi connectivity index (χ0n) is 11.8. The van der Waals surface area contributed by atoms with E-state index in [9.17, 15) is 4.79 Å². The number of hydrogen-bond acceptors (Lipinski definition) is 3. The van der Waals surface area contributed by atoms with Crippen LogP contribution >= 0.6 is 0 Å². The summed E-state index contributed by atoms with van der Waals surface area (Å²) in [6.07, 6.45) is 1.11. The molecule has 0 fully saturated rings. The predicted molar refractivity (Wildman–Crippen MR) is 77.2 cm³/mol. The highest BCUT2D eigenvalue weighted by Crippen LogP contribution is 2.24. The summed E-state index contributed by atoms with van der Waals surface area (Å²) in [4.78, 5) is 11.8. The van der Waals surface area contributed by atoms with Gasteiger partial charge < -0.3 is 15.4 Å². The van der Waals surface area contributed by atoms with Crippen LogP contribution in [0.4, 0.5) is 0 Å². The number of rotatable bonds is 7. The first-order chi connectivity index (χ1) is 9.10. The first-order valence-corrected chi connectivity index (χ1v) is 6.38. The summed E-state index contributed by atoms with van der Waals surface area (Å²) in [6.45, 7) is 8.44. The second kappa shape index (κ2) is 7.59. The van der Waals surface area contributed by atoms with E-state index in [0.717, 1.165) is 16.9 Å². The van der Waals surface area contributed by atoms with Gasteiger partial charge >= 0.3 is 0 Å². The number of para-hydroxylation sites is 1. The quantitative estimate of drug-likeness (QED) is 0.737. The summed E-state index contributed by atoms with van der Waals surface area (Å²) in [6, 6.07) is 5.95. The Balaban J connectivity index is 2.80. The van der Waals surface area contributed by atoms with Gasteiger partial charge in [-0.3, -0.25) is 4.79 Å². The Morgan fingerprint density at radius 2 is 2.26 bits per heavy atom. The third-order valence-electron chi connectivity index (χ3n) is 2.75. The van der Waals surface area contributed by atoms with Crippen LogP contribution in [-0.2, 0) is 11.3 Å². The molecule has 1 amide bonds. The molecule has 0 spiro atoms. The van der Waals surface area contributed by atoms with Gasteiger partial charge in [-0.2, -0.15) is 0 Å². The fraction of sp³-hybridized carbons (Fsp3) is 0.400. The molecule has 1 atom stereocenters. The van der Waals surface area contributed by atoms with Gasteiger partial charge in [0.1, 0.15) is 5.75 Å². The highest BCUT2D eigenvalue weighted by molar-refractivity contribution is 5.80. The van der Waals surface area contributed by atoms with Gasteiger partial charge in [0.2, 0.25) is 0 Å². The van der Waals surface area contributed by atoms with Gasteiger partial charge in [0, 0.05) is 18.7 Å². The largest absolute Gasteiger partial charge is 0.480 e. The molecular weight excluding hydrogens is 240 g/mol. The molecule has 0 aliphatic heterocycles. The van der Waals surface area contributed by atoms with Crippen LogP contribution in [-0.4, -0.2) is 25.6 Å². The van der Waals surface area contributed by atoms with Crippen LogP contribution in [0.5, 0.6) is 5.75 Å². The normalized spacial score (nSPS) is 11.7. The van der Waals surface area contributed by atoms with E-state index < -0.39 is 6.10 Å². The third-order valence-corrected chi connectivity index (χ3v) is 2.75. The predicted octanol–water partition coefficient (Wildman–Crippen LogP) is 1.78. The van der Waals surface area contributed by atoms with E-state index in [-0.39, 0.29) is 5.91 Å². The Kier molecular flexibility index (Phi) is 6.09. The molecule has 0 aliphatic rings. The smallest absolute Gasteiger partial charge is 0.261 e. The summed E-state index contributed by atoms with van der Waals surface area (Å²) < 4.78 is 5.80. The minimum absolute atomic E-state index is 0.140. The van der Waals surface area contributed by atoms with E-state index >= 15 is 0 Å². The molecule has 0 bridgehead atoms. The molecule has 104 valence electrons. The first kappa shape index (κ1) is 15.2. The molecule has 1 unspecified atom stereocenters.